The molecule has 0 saturated carbocycles. The summed E-state index contributed by atoms with van der Waals surface area (Å²) in [6.45, 7) is 3.24. The predicted octanol–water partition coefficient (Wildman–Crippen LogP) is 3.16. The van der Waals surface area contributed by atoms with Gasteiger partial charge in [-0.3, -0.25) is 0 Å². The van der Waals surface area contributed by atoms with Gasteiger partial charge in [-0.25, -0.2) is 4.79 Å². The van der Waals surface area contributed by atoms with E-state index in [1.54, 1.807) is 37.3 Å². The maximum Gasteiger partial charge on any atom is 0.332 e. The van der Waals surface area contributed by atoms with Crippen molar-refractivity contribution in [1.29, 1.82) is 5.26 Å². The second-order valence-corrected chi connectivity index (χ2v) is 4.07. The van der Waals surface area contributed by atoms with E-state index in [9.17, 15) is 4.79 Å². The van der Waals surface area contributed by atoms with Crippen LogP contribution in [0.4, 0.5) is 0 Å². The van der Waals surface area contributed by atoms with Crippen molar-refractivity contribution in [1.82, 2.24) is 0 Å². The summed E-state index contributed by atoms with van der Waals surface area (Å²) >= 11 is 5.79. The summed E-state index contributed by atoms with van der Waals surface area (Å²) < 4.78 is 5.20. The molecular formula is C14H13ClN2O3. The normalized spacial score (nSPS) is 11.7. The lowest BCUT2D eigenvalue weighted by molar-refractivity contribution is -0.141. The average Bonchev–Trinajstić information content (AvgIpc) is 2.43. The Morgan fingerprint density at radius 3 is 2.60 bits per heavy atom. The molecule has 0 bridgehead atoms. The van der Waals surface area contributed by atoms with Crippen molar-refractivity contribution in [2.45, 2.75) is 13.8 Å². The lowest BCUT2D eigenvalue weighted by Crippen LogP contribution is -2.09. The van der Waals surface area contributed by atoms with E-state index in [0.29, 0.717) is 11.6 Å². The number of nitriles is 1. The first kappa shape index (κ1) is 15.7. The number of rotatable bonds is 4. The summed E-state index contributed by atoms with van der Waals surface area (Å²) in [5, 5.41) is 13.3. The fraction of sp³-hybridized carbons (Fsp3) is 0.214. The van der Waals surface area contributed by atoms with Crippen LogP contribution in [0.25, 0.3) is 6.08 Å². The lowest BCUT2D eigenvalue weighted by Gasteiger charge is -2.05. The van der Waals surface area contributed by atoms with E-state index in [-0.39, 0.29) is 11.5 Å². The standard InChI is InChI=1S/C14H13ClN2O3/c1-3-19-14(17-20-10(2)18)12(9-16)8-11-4-6-13(15)7-5-11/h4-8H,3H2,1-2H3. The topological polar surface area (TPSA) is 71.7 Å². The van der Waals surface area contributed by atoms with Crippen LogP contribution in [-0.2, 0) is 14.4 Å². The number of halogens is 1. The Labute approximate surface area is 122 Å². The molecule has 5 nitrogen and oxygen atoms in total. The first-order valence-corrected chi connectivity index (χ1v) is 6.20. The SMILES string of the molecule is CCOC(=NOC(C)=O)C(C#N)=Cc1ccc(Cl)cc1. The molecular weight excluding hydrogens is 280 g/mol. The van der Waals surface area contributed by atoms with Gasteiger partial charge < -0.3 is 9.57 Å². The molecule has 0 aliphatic rings. The summed E-state index contributed by atoms with van der Waals surface area (Å²) in [5.41, 5.74) is 0.900. The van der Waals surface area contributed by atoms with Crippen LogP contribution < -0.4 is 0 Å². The lowest BCUT2D eigenvalue weighted by atomic mass is 10.1. The Balaban J connectivity index is 3.07. The Morgan fingerprint density at radius 1 is 1.45 bits per heavy atom. The summed E-state index contributed by atoms with van der Waals surface area (Å²) in [6.07, 6.45) is 1.56. The molecule has 0 fully saturated rings. The molecule has 0 aliphatic heterocycles. The van der Waals surface area contributed by atoms with Crippen LogP contribution >= 0.6 is 11.6 Å². The maximum absolute atomic E-state index is 10.8. The molecule has 1 rings (SSSR count). The molecule has 0 heterocycles. The minimum atomic E-state index is -0.592. The van der Waals surface area contributed by atoms with Gasteiger partial charge in [-0.2, -0.15) is 5.26 Å². The summed E-state index contributed by atoms with van der Waals surface area (Å²) in [6, 6.07) is 8.85. The second kappa shape index (κ2) is 7.97. The minimum Gasteiger partial charge on any atom is -0.475 e. The van der Waals surface area contributed by atoms with Gasteiger partial charge in [-0.1, -0.05) is 23.7 Å². The second-order valence-electron chi connectivity index (χ2n) is 3.63. The average molecular weight is 293 g/mol. The van der Waals surface area contributed by atoms with Crippen molar-refractivity contribution in [2.24, 2.45) is 5.16 Å². The number of benzene rings is 1. The van der Waals surface area contributed by atoms with Gasteiger partial charge in [0.15, 0.2) is 0 Å². The van der Waals surface area contributed by atoms with Crippen molar-refractivity contribution in [3.05, 3.63) is 40.4 Å². The van der Waals surface area contributed by atoms with Crippen LogP contribution in [0.3, 0.4) is 0 Å². The molecule has 0 radical (unpaired) electrons. The third-order valence-electron chi connectivity index (χ3n) is 2.07. The highest BCUT2D eigenvalue weighted by atomic mass is 35.5. The van der Waals surface area contributed by atoms with Crippen LogP contribution in [0.5, 0.6) is 0 Å². The van der Waals surface area contributed by atoms with Gasteiger partial charge in [-0.05, 0) is 35.9 Å². The van der Waals surface area contributed by atoms with Gasteiger partial charge in [0.05, 0.1) is 6.61 Å². The number of ether oxygens (including phenoxy) is 1. The van der Waals surface area contributed by atoms with E-state index >= 15 is 0 Å². The van der Waals surface area contributed by atoms with E-state index in [4.69, 9.17) is 21.6 Å². The smallest absolute Gasteiger partial charge is 0.332 e. The number of oxime groups is 1. The molecule has 0 amide bonds. The summed E-state index contributed by atoms with van der Waals surface area (Å²) in [4.78, 5) is 15.3. The van der Waals surface area contributed by atoms with E-state index in [1.807, 2.05) is 6.07 Å². The number of hydrogen-bond acceptors (Lipinski definition) is 5. The zero-order valence-electron chi connectivity index (χ0n) is 11.1. The maximum atomic E-state index is 10.8. The van der Waals surface area contributed by atoms with Gasteiger partial charge >= 0.3 is 5.97 Å². The van der Waals surface area contributed by atoms with Crippen molar-refractivity contribution in [2.75, 3.05) is 6.61 Å². The first-order valence-electron chi connectivity index (χ1n) is 5.83. The van der Waals surface area contributed by atoms with Crippen molar-refractivity contribution in [3.63, 3.8) is 0 Å². The number of nitrogens with zero attached hydrogens (tertiary/aromatic N) is 2. The Kier molecular flexibility index (Phi) is 6.27. The first-order chi connectivity index (χ1) is 9.56. The highest BCUT2D eigenvalue weighted by Gasteiger charge is 2.10. The third kappa shape index (κ3) is 5.12. The molecule has 0 atom stereocenters. The Hall–Kier alpha value is -2.32. The molecule has 20 heavy (non-hydrogen) atoms. The number of carbonyl (C=O) groups excluding carboxylic acids is 1. The number of hydrogen-bond donors (Lipinski definition) is 0. The van der Waals surface area contributed by atoms with Crippen LogP contribution in [0.1, 0.15) is 19.4 Å². The molecule has 0 N–H and O–H groups in total. The molecule has 0 unspecified atom stereocenters. The molecule has 6 heteroatoms. The highest BCUT2D eigenvalue weighted by molar-refractivity contribution is 6.30. The van der Waals surface area contributed by atoms with Crippen molar-refractivity contribution in [3.8, 4) is 6.07 Å². The largest absolute Gasteiger partial charge is 0.475 e. The summed E-state index contributed by atoms with van der Waals surface area (Å²) in [5.74, 6) is -0.633. The monoisotopic (exact) mass is 292 g/mol. The van der Waals surface area contributed by atoms with Gasteiger partial charge in [0, 0.05) is 11.9 Å². The Morgan fingerprint density at radius 2 is 2.10 bits per heavy atom. The number of carbonyl (C=O) groups is 1. The molecule has 0 aliphatic carbocycles. The molecule has 1 aromatic carbocycles. The zero-order valence-corrected chi connectivity index (χ0v) is 11.8. The van der Waals surface area contributed by atoms with Crippen LogP contribution in [-0.4, -0.2) is 18.5 Å². The van der Waals surface area contributed by atoms with Gasteiger partial charge in [0.1, 0.15) is 11.6 Å². The Bertz CT molecular complexity index is 571. The molecule has 1 aromatic rings. The van der Waals surface area contributed by atoms with Crippen molar-refractivity contribution < 1.29 is 14.4 Å². The van der Waals surface area contributed by atoms with Crippen LogP contribution in [0.15, 0.2) is 35.0 Å². The summed E-state index contributed by atoms with van der Waals surface area (Å²) in [7, 11) is 0. The predicted molar refractivity (Wildman–Crippen MR) is 75.9 cm³/mol. The van der Waals surface area contributed by atoms with Gasteiger partial charge in [0.25, 0.3) is 5.90 Å². The quantitative estimate of drug-likeness (QED) is 0.281. The van der Waals surface area contributed by atoms with Crippen LogP contribution in [0.2, 0.25) is 5.02 Å². The van der Waals surface area contributed by atoms with Crippen LogP contribution in [0, 0.1) is 11.3 Å². The van der Waals surface area contributed by atoms with E-state index in [0.717, 1.165) is 5.56 Å². The van der Waals surface area contributed by atoms with Crippen molar-refractivity contribution >= 4 is 29.5 Å². The molecule has 0 aromatic heterocycles. The van der Waals surface area contributed by atoms with Gasteiger partial charge in [-0.15, -0.1) is 0 Å². The molecule has 0 saturated heterocycles. The fourth-order valence-electron chi connectivity index (χ4n) is 1.26. The van der Waals surface area contributed by atoms with E-state index in [1.165, 1.54) is 6.92 Å². The van der Waals surface area contributed by atoms with E-state index < -0.39 is 5.97 Å². The van der Waals surface area contributed by atoms with E-state index in [2.05, 4.69) is 9.99 Å². The third-order valence-corrected chi connectivity index (χ3v) is 2.32. The molecule has 0 spiro atoms. The minimum absolute atomic E-state index is 0.0415. The molecule has 104 valence electrons. The zero-order chi connectivity index (χ0) is 15.0. The fourth-order valence-corrected chi connectivity index (χ4v) is 1.39. The van der Waals surface area contributed by atoms with Gasteiger partial charge in [0.2, 0.25) is 0 Å². The highest BCUT2D eigenvalue weighted by Crippen LogP contribution is 2.13.